The van der Waals surface area contributed by atoms with Crippen molar-refractivity contribution in [2.24, 2.45) is 5.16 Å². The highest BCUT2D eigenvalue weighted by Crippen LogP contribution is 2.32. The van der Waals surface area contributed by atoms with E-state index in [9.17, 15) is 19.2 Å². The molecule has 1 aromatic heterocycles. The van der Waals surface area contributed by atoms with Crippen molar-refractivity contribution in [3.05, 3.63) is 82.9 Å². The predicted molar refractivity (Wildman–Crippen MR) is 145 cm³/mol. The molecule has 0 N–H and O–H groups in total. The fraction of sp³-hybridized carbons (Fsp3) is 0.233. The van der Waals surface area contributed by atoms with Crippen LogP contribution in [0.25, 0.3) is 21.8 Å². The van der Waals surface area contributed by atoms with Gasteiger partial charge in [0.15, 0.2) is 5.78 Å². The van der Waals surface area contributed by atoms with Crippen LogP contribution in [0.15, 0.2) is 65.8 Å². The summed E-state index contributed by atoms with van der Waals surface area (Å²) in [6, 6.07) is 18.3. The van der Waals surface area contributed by atoms with Gasteiger partial charge in [-0.15, -0.1) is 0 Å². The Balaban J connectivity index is 1.81. The Labute approximate surface area is 219 Å². The summed E-state index contributed by atoms with van der Waals surface area (Å²) in [5.41, 5.74) is 4.18. The summed E-state index contributed by atoms with van der Waals surface area (Å²) in [4.78, 5) is 54.4. The monoisotopic (exact) mass is 512 g/mol. The van der Waals surface area contributed by atoms with Crippen LogP contribution >= 0.6 is 0 Å². The highest BCUT2D eigenvalue weighted by Gasteiger charge is 2.21. The molecule has 0 amide bonds. The first-order valence-corrected chi connectivity index (χ1v) is 12.3. The van der Waals surface area contributed by atoms with Crippen LogP contribution in [0.2, 0.25) is 0 Å². The van der Waals surface area contributed by atoms with Gasteiger partial charge in [-0.3, -0.25) is 14.4 Å². The molecule has 8 heteroatoms. The first-order valence-electron chi connectivity index (χ1n) is 12.3. The SMILES string of the molecule is CCn1c2ccc(C(=O)/C(CCC(=O)OC)=N/OC(C)=O)cc2c2cc(C(=O)c3ccccc3C)ccc21. The van der Waals surface area contributed by atoms with Crippen LogP contribution < -0.4 is 0 Å². The molecule has 0 radical (unpaired) electrons. The zero-order chi connectivity index (χ0) is 27.4. The molecule has 194 valence electrons. The molecule has 4 aromatic rings. The maximum absolute atomic E-state index is 13.4. The largest absolute Gasteiger partial charge is 0.469 e. The molecule has 0 unspecified atom stereocenters. The van der Waals surface area contributed by atoms with Crippen molar-refractivity contribution in [2.45, 2.75) is 40.2 Å². The fourth-order valence-corrected chi connectivity index (χ4v) is 4.52. The Morgan fingerprint density at radius 3 is 2.11 bits per heavy atom. The maximum atomic E-state index is 13.4. The minimum atomic E-state index is -0.680. The molecule has 1 heterocycles. The summed E-state index contributed by atoms with van der Waals surface area (Å²) in [5.74, 6) is -1.74. The number of oxime groups is 1. The number of aromatic nitrogens is 1. The number of nitrogens with zero attached hydrogens (tertiary/aromatic N) is 2. The third kappa shape index (κ3) is 5.25. The van der Waals surface area contributed by atoms with Crippen LogP contribution in [-0.4, -0.2) is 40.9 Å². The number of ketones is 2. The highest BCUT2D eigenvalue weighted by atomic mass is 16.7. The predicted octanol–water partition coefficient (Wildman–Crippen LogP) is 5.41. The molecule has 0 aliphatic carbocycles. The van der Waals surface area contributed by atoms with Gasteiger partial charge >= 0.3 is 11.9 Å². The average Bonchev–Trinajstić information content (AvgIpc) is 3.24. The van der Waals surface area contributed by atoms with E-state index in [1.165, 1.54) is 14.0 Å². The van der Waals surface area contributed by atoms with Crippen LogP contribution in [0.5, 0.6) is 0 Å². The summed E-state index contributed by atoms with van der Waals surface area (Å²) in [5, 5.41) is 5.34. The van der Waals surface area contributed by atoms with Crippen molar-refractivity contribution in [2.75, 3.05) is 7.11 Å². The Morgan fingerprint density at radius 2 is 1.50 bits per heavy atom. The van der Waals surface area contributed by atoms with Gasteiger partial charge in [0.1, 0.15) is 5.71 Å². The molecule has 0 bridgehead atoms. The first-order chi connectivity index (χ1) is 18.2. The third-order valence-corrected chi connectivity index (χ3v) is 6.44. The molecular weight excluding hydrogens is 484 g/mol. The van der Waals surface area contributed by atoms with Crippen molar-refractivity contribution in [1.29, 1.82) is 0 Å². The molecule has 0 fully saturated rings. The van der Waals surface area contributed by atoms with E-state index in [0.717, 1.165) is 27.4 Å². The van der Waals surface area contributed by atoms with Gasteiger partial charge in [0, 0.05) is 58.4 Å². The van der Waals surface area contributed by atoms with Crippen LogP contribution in [0.1, 0.15) is 58.5 Å². The molecule has 0 aliphatic heterocycles. The number of Topliss-reactive ketones (excluding diaryl/α,β-unsaturated/α-hetero) is 1. The summed E-state index contributed by atoms with van der Waals surface area (Å²) in [6.45, 7) is 5.80. The topological polar surface area (TPSA) is 104 Å². The molecule has 4 rings (SSSR count). The third-order valence-electron chi connectivity index (χ3n) is 6.44. The second-order valence-corrected chi connectivity index (χ2v) is 8.88. The molecule has 3 aromatic carbocycles. The highest BCUT2D eigenvalue weighted by molar-refractivity contribution is 6.46. The second kappa shape index (κ2) is 11.2. The van der Waals surface area contributed by atoms with E-state index in [-0.39, 0.29) is 24.3 Å². The molecule has 8 nitrogen and oxygen atoms in total. The van der Waals surface area contributed by atoms with E-state index in [0.29, 0.717) is 23.2 Å². The van der Waals surface area contributed by atoms with Gasteiger partial charge in [0.05, 0.1) is 13.5 Å². The Bertz CT molecular complexity index is 1610. The number of fused-ring (bicyclic) bond motifs is 3. The number of aryl methyl sites for hydroxylation is 2. The number of esters is 1. The first kappa shape index (κ1) is 26.5. The van der Waals surface area contributed by atoms with Gasteiger partial charge in [0.25, 0.3) is 0 Å². The standard InChI is InChI=1S/C30H28N2O6/c1-5-32-26-13-10-20(29(35)22-9-7-6-8-18(22)2)16-23(26)24-17-21(11-14-27(24)32)30(36)25(31-38-19(3)33)12-15-28(34)37-4/h6-11,13-14,16-17H,5,12,15H2,1-4H3/b31-25+. The Morgan fingerprint density at radius 1 is 0.868 bits per heavy atom. The smallest absolute Gasteiger partial charge is 0.331 e. The number of carbonyl (C=O) groups is 4. The van der Waals surface area contributed by atoms with Crippen LogP contribution in [-0.2, 0) is 25.7 Å². The zero-order valence-electron chi connectivity index (χ0n) is 21.7. The van der Waals surface area contributed by atoms with Crippen molar-refractivity contribution < 1.29 is 28.8 Å². The normalized spacial score (nSPS) is 11.5. The number of ether oxygens (including phenoxy) is 1. The van der Waals surface area contributed by atoms with Gasteiger partial charge < -0.3 is 14.1 Å². The van der Waals surface area contributed by atoms with E-state index in [1.54, 1.807) is 12.1 Å². The number of carbonyl (C=O) groups excluding carboxylic acids is 4. The lowest BCUT2D eigenvalue weighted by atomic mass is 9.97. The molecule has 0 spiro atoms. The number of benzene rings is 3. The Hall–Kier alpha value is -4.59. The lowest BCUT2D eigenvalue weighted by Gasteiger charge is -2.06. The van der Waals surface area contributed by atoms with Gasteiger partial charge in [-0.1, -0.05) is 29.4 Å². The van der Waals surface area contributed by atoms with Crippen LogP contribution in [0.4, 0.5) is 0 Å². The van der Waals surface area contributed by atoms with E-state index in [2.05, 4.69) is 14.5 Å². The van der Waals surface area contributed by atoms with E-state index < -0.39 is 17.7 Å². The van der Waals surface area contributed by atoms with Crippen molar-refractivity contribution in [1.82, 2.24) is 4.57 Å². The quantitative estimate of drug-likeness (QED) is 0.0977. The molecule has 0 saturated heterocycles. The molecule has 0 atom stereocenters. The van der Waals surface area contributed by atoms with Gasteiger partial charge in [0.2, 0.25) is 5.78 Å². The van der Waals surface area contributed by atoms with E-state index in [4.69, 9.17) is 4.84 Å². The number of hydrogen-bond donors (Lipinski definition) is 0. The minimum Gasteiger partial charge on any atom is -0.469 e. The van der Waals surface area contributed by atoms with Gasteiger partial charge in [-0.25, -0.2) is 4.79 Å². The summed E-state index contributed by atoms with van der Waals surface area (Å²) in [7, 11) is 1.25. The van der Waals surface area contributed by atoms with E-state index >= 15 is 0 Å². The number of methoxy groups -OCH3 is 1. The molecule has 0 saturated carbocycles. The zero-order valence-corrected chi connectivity index (χ0v) is 21.7. The van der Waals surface area contributed by atoms with Gasteiger partial charge in [-0.2, -0.15) is 0 Å². The number of rotatable bonds is 9. The number of hydrogen-bond acceptors (Lipinski definition) is 7. The van der Waals surface area contributed by atoms with Crippen LogP contribution in [0.3, 0.4) is 0 Å². The molecule has 38 heavy (non-hydrogen) atoms. The fourth-order valence-electron chi connectivity index (χ4n) is 4.52. The maximum Gasteiger partial charge on any atom is 0.331 e. The lowest BCUT2D eigenvalue weighted by molar-refractivity contribution is -0.141. The lowest BCUT2D eigenvalue weighted by Crippen LogP contribution is -2.17. The minimum absolute atomic E-state index is 0.0530. The van der Waals surface area contributed by atoms with Crippen LogP contribution in [0, 0.1) is 6.92 Å². The van der Waals surface area contributed by atoms with Gasteiger partial charge in [-0.05, 0) is 55.8 Å². The average molecular weight is 513 g/mol. The summed E-state index contributed by atoms with van der Waals surface area (Å²) >= 11 is 0. The van der Waals surface area contributed by atoms with Crippen molar-refractivity contribution in [3.8, 4) is 0 Å². The summed E-state index contributed by atoms with van der Waals surface area (Å²) < 4.78 is 6.78. The van der Waals surface area contributed by atoms with Crippen molar-refractivity contribution >= 4 is 51.0 Å². The molecular formula is C30H28N2O6. The van der Waals surface area contributed by atoms with E-state index in [1.807, 2.05) is 62.4 Å². The second-order valence-electron chi connectivity index (χ2n) is 8.88. The summed E-state index contributed by atoms with van der Waals surface area (Å²) in [6.07, 6.45) is -0.146. The Kier molecular flexibility index (Phi) is 7.81. The van der Waals surface area contributed by atoms with Crippen molar-refractivity contribution in [3.63, 3.8) is 0 Å². The molecule has 0 aliphatic rings.